The molecule has 0 saturated heterocycles. The van der Waals surface area contributed by atoms with Crippen LogP contribution in [-0.2, 0) is 6.42 Å². The Balaban J connectivity index is 2.27. The Morgan fingerprint density at radius 2 is 1.85 bits per heavy atom. The highest BCUT2D eigenvalue weighted by atomic mass is 19.1. The molecule has 20 heavy (non-hydrogen) atoms. The van der Waals surface area contributed by atoms with E-state index in [0.717, 1.165) is 24.8 Å². The molecule has 0 fully saturated rings. The third-order valence-corrected chi connectivity index (χ3v) is 3.49. The van der Waals surface area contributed by atoms with Gasteiger partial charge >= 0.3 is 0 Å². The summed E-state index contributed by atoms with van der Waals surface area (Å²) in [5.74, 6) is -0.103. The maximum absolute atomic E-state index is 13.6. The monoisotopic (exact) mass is 274 g/mol. The number of hydrogen-bond donors (Lipinski definition) is 2. The van der Waals surface area contributed by atoms with Crippen LogP contribution in [0.3, 0.4) is 0 Å². The van der Waals surface area contributed by atoms with Crippen LogP contribution in [0.5, 0.6) is 5.75 Å². The lowest BCUT2D eigenvalue weighted by molar-refractivity contribution is 0.284. The van der Waals surface area contributed by atoms with Gasteiger partial charge < -0.3 is 10.2 Å². The van der Waals surface area contributed by atoms with Crippen LogP contribution < -0.4 is 0 Å². The van der Waals surface area contributed by atoms with E-state index >= 15 is 0 Å². The lowest BCUT2D eigenvalue weighted by Gasteiger charge is -2.10. The van der Waals surface area contributed by atoms with E-state index in [-0.39, 0.29) is 18.2 Å². The number of halogens is 1. The van der Waals surface area contributed by atoms with Crippen molar-refractivity contribution >= 4 is 0 Å². The largest absolute Gasteiger partial charge is 0.507 e. The first-order valence-corrected chi connectivity index (χ1v) is 6.81. The summed E-state index contributed by atoms with van der Waals surface area (Å²) in [6.45, 7) is 1.89. The van der Waals surface area contributed by atoms with Crippen molar-refractivity contribution in [1.29, 1.82) is 0 Å². The standard InChI is InChI=1S/C17H19FO2/c1-12-14(6-4-7-16(12)18)15-9-8-13(11-17(15)20)5-2-3-10-19/h4,6-9,11,19-20H,2-3,5,10H2,1H3. The number of aryl methyl sites for hydroxylation is 1. The molecule has 2 aromatic rings. The Morgan fingerprint density at radius 3 is 2.55 bits per heavy atom. The van der Waals surface area contributed by atoms with Gasteiger partial charge in [0.2, 0.25) is 0 Å². The van der Waals surface area contributed by atoms with Gasteiger partial charge in [-0.25, -0.2) is 4.39 Å². The molecule has 2 aromatic carbocycles. The van der Waals surface area contributed by atoms with Gasteiger partial charge in [0, 0.05) is 12.2 Å². The summed E-state index contributed by atoms with van der Waals surface area (Å²) in [5.41, 5.74) is 2.92. The molecule has 0 aliphatic heterocycles. The van der Waals surface area contributed by atoms with Gasteiger partial charge in [0.25, 0.3) is 0 Å². The van der Waals surface area contributed by atoms with Gasteiger partial charge in [-0.05, 0) is 55.0 Å². The van der Waals surface area contributed by atoms with Crippen molar-refractivity contribution in [1.82, 2.24) is 0 Å². The van der Waals surface area contributed by atoms with E-state index in [1.165, 1.54) is 6.07 Å². The molecule has 0 heterocycles. The molecule has 2 N–H and O–H groups in total. The van der Waals surface area contributed by atoms with Gasteiger partial charge in [-0.2, -0.15) is 0 Å². The van der Waals surface area contributed by atoms with Crippen molar-refractivity contribution in [2.45, 2.75) is 26.2 Å². The highest BCUT2D eigenvalue weighted by Gasteiger charge is 2.10. The molecule has 0 aliphatic rings. The van der Waals surface area contributed by atoms with Gasteiger partial charge in [-0.3, -0.25) is 0 Å². The van der Waals surface area contributed by atoms with Crippen LogP contribution in [0.1, 0.15) is 24.0 Å². The van der Waals surface area contributed by atoms with E-state index in [0.29, 0.717) is 16.7 Å². The first-order chi connectivity index (χ1) is 9.63. The Kier molecular flexibility index (Phi) is 4.74. The zero-order valence-corrected chi connectivity index (χ0v) is 11.6. The zero-order chi connectivity index (χ0) is 14.5. The normalized spacial score (nSPS) is 10.8. The highest BCUT2D eigenvalue weighted by Crippen LogP contribution is 2.33. The van der Waals surface area contributed by atoms with Crippen LogP contribution in [0.2, 0.25) is 0 Å². The fourth-order valence-corrected chi connectivity index (χ4v) is 2.30. The smallest absolute Gasteiger partial charge is 0.126 e. The summed E-state index contributed by atoms with van der Waals surface area (Å²) in [5, 5.41) is 18.9. The van der Waals surface area contributed by atoms with Gasteiger partial charge in [0.1, 0.15) is 11.6 Å². The molecule has 0 aliphatic carbocycles. The molecule has 2 rings (SSSR count). The van der Waals surface area contributed by atoms with Crippen LogP contribution in [0.4, 0.5) is 4.39 Å². The number of unbranched alkanes of at least 4 members (excludes halogenated alkanes) is 1. The quantitative estimate of drug-likeness (QED) is 0.814. The molecule has 0 radical (unpaired) electrons. The molecule has 0 unspecified atom stereocenters. The fraction of sp³-hybridized carbons (Fsp3) is 0.294. The molecule has 3 heteroatoms. The topological polar surface area (TPSA) is 40.5 Å². The second-order valence-electron chi connectivity index (χ2n) is 4.94. The second kappa shape index (κ2) is 6.53. The van der Waals surface area contributed by atoms with Gasteiger partial charge in [0.05, 0.1) is 0 Å². The Bertz CT molecular complexity index is 594. The predicted octanol–water partition coefficient (Wildman–Crippen LogP) is 3.82. The molecular weight excluding hydrogens is 255 g/mol. The highest BCUT2D eigenvalue weighted by molar-refractivity contribution is 5.73. The molecule has 0 amide bonds. The minimum Gasteiger partial charge on any atom is -0.507 e. The predicted molar refractivity (Wildman–Crippen MR) is 78.3 cm³/mol. The molecule has 2 nitrogen and oxygen atoms in total. The summed E-state index contributed by atoms with van der Waals surface area (Å²) < 4.78 is 13.6. The van der Waals surface area contributed by atoms with Crippen molar-refractivity contribution < 1.29 is 14.6 Å². The van der Waals surface area contributed by atoms with Crippen LogP contribution in [0, 0.1) is 12.7 Å². The molecule has 0 saturated carbocycles. The minimum atomic E-state index is -0.270. The van der Waals surface area contributed by atoms with Crippen LogP contribution in [-0.4, -0.2) is 16.8 Å². The maximum Gasteiger partial charge on any atom is 0.126 e. The number of phenolic OH excluding ortho intramolecular Hbond substituents is 1. The van der Waals surface area contributed by atoms with Crippen molar-refractivity contribution in [3.8, 4) is 16.9 Å². The van der Waals surface area contributed by atoms with Crippen molar-refractivity contribution in [3.63, 3.8) is 0 Å². The first kappa shape index (κ1) is 14.5. The maximum atomic E-state index is 13.6. The molecule has 106 valence electrons. The lowest BCUT2D eigenvalue weighted by atomic mass is 9.97. The van der Waals surface area contributed by atoms with Crippen molar-refractivity contribution in [2.24, 2.45) is 0 Å². The molecule has 0 spiro atoms. The summed E-state index contributed by atoms with van der Waals surface area (Å²) >= 11 is 0. The van der Waals surface area contributed by atoms with E-state index in [9.17, 15) is 9.50 Å². The van der Waals surface area contributed by atoms with Gasteiger partial charge in [-0.1, -0.05) is 24.3 Å². The summed E-state index contributed by atoms with van der Waals surface area (Å²) in [4.78, 5) is 0. The lowest BCUT2D eigenvalue weighted by Crippen LogP contribution is -1.91. The van der Waals surface area contributed by atoms with Crippen LogP contribution in [0.15, 0.2) is 36.4 Å². The fourth-order valence-electron chi connectivity index (χ4n) is 2.30. The summed E-state index contributed by atoms with van der Waals surface area (Å²) in [6.07, 6.45) is 2.45. The summed E-state index contributed by atoms with van der Waals surface area (Å²) in [6, 6.07) is 10.4. The van der Waals surface area contributed by atoms with Crippen LogP contribution >= 0.6 is 0 Å². The van der Waals surface area contributed by atoms with Gasteiger partial charge in [-0.15, -0.1) is 0 Å². The van der Waals surface area contributed by atoms with Gasteiger partial charge in [0.15, 0.2) is 0 Å². The number of hydrogen-bond acceptors (Lipinski definition) is 2. The van der Waals surface area contributed by atoms with E-state index in [2.05, 4.69) is 0 Å². The van der Waals surface area contributed by atoms with E-state index in [1.807, 2.05) is 12.1 Å². The first-order valence-electron chi connectivity index (χ1n) is 6.81. The molecule has 0 bridgehead atoms. The number of aliphatic hydroxyl groups excluding tert-OH is 1. The summed E-state index contributed by atoms with van der Waals surface area (Å²) in [7, 11) is 0. The number of aliphatic hydroxyl groups is 1. The number of phenols is 1. The number of benzene rings is 2. The molecule has 0 atom stereocenters. The van der Waals surface area contributed by atoms with E-state index < -0.39 is 0 Å². The van der Waals surface area contributed by atoms with Crippen molar-refractivity contribution in [2.75, 3.05) is 6.61 Å². The SMILES string of the molecule is Cc1c(F)cccc1-c1ccc(CCCCO)cc1O. The molecular formula is C17H19FO2. The Morgan fingerprint density at radius 1 is 1.05 bits per heavy atom. The van der Waals surface area contributed by atoms with E-state index in [4.69, 9.17) is 5.11 Å². The average Bonchev–Trinajstić information content (AvgIpc) is 2.43. The average molecular weight is 274 g/mol. The Hall–Kier alpha value is -1.87. The molecule has 0 aromatic heterocycles. The zero-order valence-electron chi connectivity index (χ0n) is 11.6. The minimum absolute atomic E-state index is 0.167. The Labute approximate surface area is 118 Å². The number of rotatable bonds is 5. The third kappa shape index (κ3) is 3.17. The second-order valence-corrected chi connectivity index (χ2v) is 4.94. The van der Waals surface area contributed by atoms with Crippen molar-refractivity contribution in [3.05, 3.63) is 53.3 Å². The number of aromatic hydroxyl groups is 1. The third-order valence-electron chi connectivity index (χ3n) is 3.49. The van der Waals surface area contributed by atoms with E-state index in [1.54, 1.807) is 25.1 Å². The van der Waals surface area contributed by atoms with Crippen LogP contribution in [0.25, 0.3) is 11.1 Å².